The Morgan fingerprint density at radius 2 is 2.11 bits per heavy atom. The van der Waals surface area contributed by atoms with Crippen molar-refractivity contribution in [2.24, 2.45) is 5.92 Å². The van der Waals surface area contributed by atoms with E-state index in [4.69, 9.17) is 5.26 Å². The van der Waals surface area contributed by atoms with E-state index >= 15 is 0 Å². The van der Waals surface area contributed by atoms with Crippen molar-refractivity contribution in [3.05, 3.63) is 32.7 Å². The van der Waals surface area contributed by atoms with Crippen LogP contribution in [0.1, 0.15) is 30.6 Å². The number of nitrogens with zero attached hydrogens (tertiary/aromatic N) is 2. The molecule has 0 N–H and O–H groups in total. The van der Waals surface area contributed by atoms with E-state index in [0.29, 0.717) is 31.0 Å². The van der Waals surface area contributed by atoms with Gasteiger partial charge in [0.1, 0.15) is 0 Å². The van der Waals surface area contributed by atoms with Crippen molar-refractivity contribution in [2.45, 2.75) is 20.3 Å². The number of carbonyl (C=O) groups excluding carboxylic acids is 1. The maximum Gasteiger partial charge on any atom is 0.255 e. The summed E-state index contributed by atoms with van der Waals surface area (Å²) in [4.78, 5) is 14.3. The summed E-state index contributed by atoms with van der Waals surface area (Å²) in [5, 5.41) is 8.70. The molecule has 1 aromatic carbocycles. The number of benzene rings is 1. The molecule has 1 amide bonds. The van der Waals surface area contributed by atoms with Gasteiger partial charge in [-0.2, -0.15) is 5.26 Å². The Bertz CT molecular complexity index is 495. The van der Waals surface area contributed by atoms with E-state index in [1.165, 1.54) is 0 Å². The number of nitriles is 1. The standard InChI is InChI=1S/C14H16Br2N2O/c1-10(2)9-18(7-3-6-17)14(19)12-8-11(15)4-5-13(12)16/h4-5,8,10H,3,7,9H2,1-2H3. The molecule has 1 aromatic rings. The van der Waals surface area contributed by atoms with Crippen LogP contribution in [-0.2, 0) is 0 Å². The van der Waals surface area contributed by atoms with Gasteiger partial charge < -0.3 is 4.90 Å². The van der Waals surface area contributed by atoms with Gasteiger partial charge >= 0.3 is 0 Å². The summed E-state index contributed by atoms with van der Waals surface area (Å²) in [6.07, 6.45) is 0.351. The SMILES string of the molecule is CC(C)CN(CCC#N)C(=O)c1cc(Br)ccc1Br. The molecule has 0 fully saturated rings. The summed E-state index contributed by atoms with van der Waals surface area (Å²) < 4.78 is 1.63. The van der Waals surface area contributed by atoms with Gasteiger partial charge in [0.2, 0.25) is 0 Å². The van der Waals surface area contributed by atoms with Gasteiger partial charge in [0.05, 0.1) is 18.1 Å². The topological polar surface area (TPSA) is 44.1 Å². The van der Waals surface area contributed by atoms with Crippen LogP contribution in [0.4, 0.5) is 0 Å². The lowest BCUT2D eigenvalue weighted by molar-refractivity contribution is 0.0739. The lowest BCUT2D eigenvalue weighted by Crippen LogP contribution is -2.35. The van der Waals surface area contributed by atoms with E-state index in [1.807, 2.05) is 12.1 Å². The Morgan fingerprint density at radius 1 is 1.42 bits per heavy atom. The van der Waals surface area contributed by atoms with Crippen LogP contribution in [0.15, 0.2) is 27.1 Å². The van der Waals surface area contributed by atoms with Crippen molar-refractivity contribution < 1.29 is 4.79 Å². The molecule has 102 valence electrons. The van der Waals surface area contributed by atoms with Crippen molar-refractivity contribution in [3.8, 4) is 6.07 Å². The van der Waals surface area contributed by atoms with E-state index in [0.717, 1.165) is 8.95 Å². The minimum atomic E-state index is -0.0443. The zero-order valence-corrected chi connectivity index (χ0v) is 14.2. The van der Waals surface area contributed by atoms with Gasteiger partial charge in [-0.25, -0.2) is 0 Å². The monoisotopic (exact) mass is 386 g/mol. The van der Waals surface area contributed by atoms with Crippen LogP contribution >= 0.6 is 31.9 Å². The minimum absolute atomic E-state index is 0.0443. The average Bonchev–Trinajstić information content (AvgIpc) is 2.36. The molecule has 1 rings (SSSR count). The van der Waals surface area contributed by atoms with Gasteiger partial charge in [0.15, 0.2) is 0 Å². The predicted octanol–water partition coefficient (Wildman–Crippen LogP) is 4.22. The normalized spacial score (nSPS) is 10.3. The number of hydrogen-bond donors (Lipinski definition) is 0. The third kappa shape index (κ3) is 4.96. The molecular formula is C14H16Br2N2O. The fourth-order valence-corrected chi connectivity index (χ4v) is 2.51. The van der Waals surface area contributed by atoms with Crippen LogP contribution in [-0.4, -0.2) is 23.9 Å². The highest BCUT2D eigenvalue weighted by Crippen LogP contribution is 2.23. The Hall–Kier alpha value is -0.860. The van der Waals surface area contributed by atoms with E-state index in [1.54, 1.807) is 11.0 Å². The summed E-state index contributed by atoms with van der Waals surface area (Å²) >= 11 is 6.77. The molecule has 0 spiro atoms. The molecule has 0 saturated heterocycles. The van der Waals surface area contributed by atoms with Gasteiger partial charge in [0.25, 0.3) is 5.91 Å². The first-order valence-electron chi connectivity index (χ1n) is 6.07. The summed E-state index contributed by atoms with van der Waals surface area (Å²) in [7, 11) is 0. The molecule has 0 aliphatic carbocycles. The van der Waals surface area contributed by atoms with E-state index in [2.05, 4.69) is 51.8 Å². The van der Waals surface area contributed by atoms with Crippen molar-refractivity contribution >= 4 is 37.8 Å². The second-order valence-electron chi connectivity index (χ2n) is 4.68. The number of hydrogen-bond acceptors (Lipinski definition) is 2. The second-order valence-corrected chi connectivity index (χ2v) is 6.45. The minimum Gasteiger partial charge on any atom is -0.337 e. The maximum atomic E-state index is 12.5. The summed E-state index contributed by atoms with van der Waals surface area (Å²) in [6.45, 7) is 5.23. The fraction of sp³-hybridized carbons (Fsp3) is 0.429. The summed E-state index contributed by atoms with van der Waals surface area (Å²) in [6, 6.07) is 7.61. The van der Waals surface area contributed by atoms with Crippen LogP contribution < -0.4 is 0 Å². The second kappa shape index (κ2) is 7.66. The quantitative estimate of drug-likeness (QED) is 0.758. The molecule has 0 bridgehead atoms. The third-order valence-electron chi connectivity index (χ3n) is 2.53. The van der Waals surface area contributed by atoms with E-state index in [-0.39, 0.29) is 5.91 Å². The van der Waals surface area contributed by atoms with Crippen molar-refractivity contribution in [1.29, 1.82) is 5.26 Å². The van der Waals surface area contributed by atoms with Crippen LogP contribution in [0.3, 0.4) is 0 Å². The fourth-order valence-electron chi connectivity index (χ4n) is 1.73. The van der Waals surface area contributed by atoms with E-state index in [9.17, 15) is 4.79 Å². The predicted molar refractivity (Wildman–Crippen MR) is 82.8 cm³/mol. The molecule has 19 heavy (non-hydrogen) atoms. The van der Waals surface area contributed by atoms with Crippen LogP contribution in [0.25, 0.3) is 0 Å². The number of amides is 1. The maximum absolute atomic E-state index is 12.5. The molecule has 0 atom stereocenters. The van der Waals surface area contributed by atoms with Crippen LogP contribution in [0.2, 0.25) is 0 Å². The molecule has 0 aliphatic rings. The van der Waals surface area contributed by atoms with Gasteiger partial charge in [-0.1, -0.05) is 29.8 Å². The molecule has 0 saturated carbocycles. The molecule has 3 nitrogen and oxygen atoms in total. The van der Waals surface area contributed by atoms with Crippen molar-refractivity contribution in [2.75, 3.05) is 13.1 Å². The number of rotatable bonds is 5. The molecule has 5 heteroatoms. The lowest BCUT2D eigenvalue weighted by Gasteiger charge is -2.24. The smallest absolute Gasteiger partial charge is 0.255 e. The Balaban J connectivity index is 2.97. The van der Waals surface area contributed by atoms with Gasteiger partial charge in [-0.15, -0.1) is 0 Å². The van der Waals surface area contributed by atoms with Crippen LogP contribution in [0.5, 0.6) is 0 Å². The average molecular weight is 388 g/mol. The Kier molecular flexibility index (Phi) is 6.53. The highest BCUT2D eigenvalue weighted by atomic mass is 79.9. The van der Waals surface area contributed by atoms with Crippen molar-refractivity contribution in [3.63, 3.8) is 0 Å². The Labute approximate surface area is 130 Å². The lowest BCUT2D eigenvalue weighted by atomic mass is 10.1. The zero-order chi connectivity index (χ0) is 14.4. The van der Waals surface area contributed by atoms with Crippen molar-refractivity contribution in [1.82, 2.24) is 4.90 Å². The van der Waals surface area contributed by atoms with Crippen LogP contribution in [0, 0.1) is 17.2 Å². The van der Waals surface area contributed by atoms with Gasteiger partial charge in [-0.05, 0) is 40.0 Å². The molecule has 0 aromatic heterocycles. The van der Waals surface area contributed by atoms with E-state index < -0.39 is 0 Å². The third-order valence-corrected chi connectivity index (χ3v) is 3.71. The highest BCUT2D eigenvalue weighted by molar-refractivity contribution is 9.11. The van der Waals surface area contributed by atoms with Gasteiger partial charge in [0, 0.05) is 22.0 Å². The molecule has 0 radical (unpaired) electrons. The first-order chi connectivity index (χ1) is 8.95. The number of halogens is 2. The van der Waals surface area contributed by atoms with Gasteiger partial charge in [-0.3, -0.25) is 4.79 Å². The summed E-state index contributed by atoms with van der Waals surface area (Å²) in [5.74, 6) is 0.325. The number of carbonyl (C=O) groups is 1. The first-order valence-corrected chi connectivity index (χ1v) is 7.65. The largest absolute Gasteiger partial charge is 0.337 e. The first kappa shape index (κ1) is 16.2. The highest BCUT2D eigenvalue weighted by Gasteiger charge is 2.19. The zero-order valence-electron chi connectivity index (χ0n) is 11.0. The molecular weight excluding hydrogens is 372 g/mol. The Morgan fingerprint density at radius 3 is 2.68 bits per heavy atom. The summed E-state index contributed by atoms with van der Waals surface area (Å²) in [5.41, 5.74) is 0.618. The molecule has 0 aliphatic heterocycles. The molecule has 0 unspecified atom stereocenters. The molecule has 0 heterocycles.